The van der Waals surface area contributed by atoms with Gasteiger partial charge in [-0.25, -0.2) is 0 Å². The quantitative estimate of drug-likeness (QED) is 0.779. The first-order chi connectivity index (χ1) is 8.10. The topological polar surface area (TPSA) is 50.5 Å². The lowest BCUT2D eigenvalue weighted by Crippen LogP contribution is -2.54. The van der Waals surface area contributed by atoms with Gasteiger partial charge in [0.25, 0.3) is 0 Å². The zero-order valence-electron chi connectivity index (χ0n) is 11.3. The lowest BCUT2D eigenvalue weighted by atomic mass is 10.1. The van der Waals surface area contributed by atoms with E-state index in [1.165, 1.54) is 0 Å². The van der Waals surface area contributed by atoms with Crippen LogP contribution in [-0.2, 0) is 0 Å². The normalized spacial score (nSPS) is 23.9. The second-order valence-electron chi connectivity index (χ2n) is 4.99. The molecule has 1 heterocycles. The fourth-order valence-electron chi connectivity index (χ4n) is 2.36. The van der Waals surface area contributed by atoms with Crippen LogP contribution in [0.3, 0.4) is 0 Å². The van der Waals surface area contributed by atoms with E-state index in [1.54, 1.807) is 0 Å². The zero-order chi connectivity index (χ0) is 12.8. The molecule has 3 unspecified atom stereocenters. The van der Waals surface area contributed by atoms with E-state index in [2.05, 4.69) is 29.7 Å². The fraction of sp³-hybridized carbons (Fsp3) is 0.923. The molecule has 1 aliphatic heterocycles. The van der Waals surface area contributed by atoms with Gasteiger partial charge in [0.1, 0.15) is 0 Å². The maximum Gasteiger partial charge on any atom is 0.0978 e. The van der Waals surface area contributed by atoms with Crippen molar-refractivity contribution in [3.05, 3.63) is 0 Å². The van der Waals surface area contributed by atoms with Gasteiger partial charge in [-0.1, -0.05) is 13.3 Å². The first-order valence-electron chi connectivity index (χ1n) is 6.66. The highest BCUT2D eigenvalue weighted by atomic mass is 16.3. The molecular weight excluding hydrogens is 214 g/mol. The molecule has 0 aromatic carbocycles. The average molecular weight is 239 g/mol. The van der Waals surface area contributed by atoms with E-state index >= 15 is 0 Å². The van der Waals surface area contributed by atoms with E-state index in [0.717, 1.165) is 39.0 Å². The molecule has 0 radical (unpaired) electrons. The minimum absolute atomic E-state index is 0.0732. The van der Waals surface area contributed by atoms with E-state index in [9.17, 15) is 5.11 Å². The molecule has 0 spiro atoms. The Kier molecular flexibility index (Phi) is 5.90. The summed E-state index contributed by atoms with van der Waals surface area (Å²) < 4.78 is 0. The van der Waals surface area contributed by atoms with E-state index in [0.29, 0.717) is 0 Å². The summed E-state index contributed by atoms with van der Waals surface area (Å²) in [6, 6.07) is 2.68. The summed E-state index contributed by atoms with van der Waals surface area (Å²) in [5.41, 5.74) is 0. The molecule has 17 heavy (non-hydrogen) atoms. The number of rotatable bonds is 5. The Hall–Kier alpha value is -0.630. The third-order valence-corrected chi connectivity index (χ3v) is 3.77. The summed E-state index contributed by atoms with van der Waals surface area (Å²) in [6.07, 6.45) is 1.73. The minimum Gasteiger partial charge on any atom is -0.392 e. The van der Waals surface area contributed by atoms with Crippen molar-refractivity contribution in [1.82, 2.24) is 9.80 Å². The van der Waals surface area contributed by atoms with Crippen molar-refractivity contribution in [3.63, 3.8) is 0 Å². The maximum absolute atomic E-state index is 9.57. The second-order valence-corrected chi connectivity index (χ2v) is 4.99. The first kappa shape index (κ1) is 14.4. The van der Waals surface area contributed by atoms with Crippen LogP contribution in [0, 0.1) is 11.3 Å². The van der Waals surface area contributed by atoms with Gasteiger partial charge in [0.2, 0.25) is 0 Å². The Morgan fingerprint density at radius 2 is 1.71 bits per heavy atom. The van der Waals surface area contributed by atoms with Crippen LogP contribution in [0.15, 0.2) is 0 Å². The minimum atomic E-state index is -0.288. The number of aliphatic hydroxyl groups is 1. The third kappa shape index (κ3) is 3.95. The summed E-state index contributed by atoms with van der Waals surface area (Å²) in [5.74, 6) is 0. The van der Waals surface area contributed by atoms with Gasteiger partial charge in [-0.3, -0.25) is 9.80 Å². The van der Waals surface area contributed by atoms with Gasteiger partial charge in [0.15, 0.2) is 0 Å². The lowest BCUT2D eigenvalue weighted by Gasteiger charge is -2.40. The van der Waals surface area contributed by atoms with E-state index in [1.807, 2.05) is 6.92 Å². The predicted molar refractivity (Wildman–Crippen MR) is 68.6 cm³/mol. The van der Waals surface area contributed by atoms with Crippen molar-refractivity contribution >= 4 is 0 Å². The van der Waals surface area contributed by atoms with Gasteiger partial charge in [0.05, 0.1) is 18.2 Å². The maximum atomic E-state index is 9.57. The second kappa shape index (κ2) is 6.95. The molecule has 1 fully saturated rings. The molecule has 0 aromatic rings. The molecule has 3 atom stereocenters. The highest BCUT2D eigenvalue weighted by Crippen LogP contribution is 2.13. The van der Waals surface area contributed by atoms with Gasteiger partial charge in [0, 0.05) is 32.2 Å². The van der Waals surface area contributed by atoms with Crippen molar-refractivity contribution in [1.29, 1.82) is 5.26 Å². The van der Waals surface area contributed by atoms with Crippen molar-refractivity contribution in [3.8, 4) is 6.07 Å². The molecule has 4 nitrogen and oxygen atoms in total. The first-order valence-corrected chi connectivity index (χ1v) is 6.66. The van der Waals surface area contributed by atoms with Crippen LogP contribution in [0.25, 0.3) is 0 Å². The monoisotopic (exact) mass is 239 g/mol. The fourth-order valence-corrected chi connectivity index (χ4v) is 2.36. The molecule has 98 valence electrons. The molecule has 1 N–H and O–H groups in total. The van der Waals surface area contributed by atoms with Crippen LogP contribution in [0.4, 0.5) is 0 Å². The number of piperazine rings is 1. The van der Waals surface area contributed by atoms with Crippen LogP contribution in [-0.4, -0.2) is 59.3 Å². The predicted octanol–water partition coefficient (Wildman–Crippen LogP) is 1.07. The largest absolute Gasteiger partial charge is 0.392 e. The number of nitrogens with zero attached hydrogens (tertiary/aromatic N) is 3. The number of hydrogen-bond acceptors (Lipinski definition) is 4. The van der Waals surface area contributed by atoms with Crippen LogP contribution in [0.2, 0.25) is 0 Å². The Bertz CT molecular complexity index is 254. The van der Waals surface area contributed by atoms with Crippen LogP contribution < -0.4 is 0 Å². The SMILES string of the molecule is CCCC(C#N)N1CCN(C(C)C(C)O)CC1. The van der Waals surface area contributed by atoms with Gasteiger partial charge in [-0.15, -0.1) is 0 Å². The van der Waals surface area contributed by atoms with Gasteiger partial charge in [-0.2, -0.15) is 5.26 Å². The van der Waals surface area contributed by atoms with Crippen molar-refractivity contribution in [2.45, 2.75) is 51.8 Å². The molecule has 1 aliphatic rings. The molecular formula is C13H25N3O. The molecule has 1 saturated heterocycles. The van der Waals surface area contributed by atoms with Gasteiger partial charge < -0.3 is 5.11 Å². The lowest BCUT2D eigenvalue weighted by molar-refractivity contribution is 0.0288. The molecule has 0 bridgehead atoms. The highest BCUT2D eigenvalue weighted by molar-refractivity contribution is 4.94. The summed E-state index contributed by atoms with van der Waals surface area (Å²) >= 11 is 0. The smallest absolute Gasteiger partial charge is 0.0978 e. The van der Waals surface area contributed by atoms with Crippen LogP contribution in [0.5, 0.6) is 0 Å². The Morgan fingerprint density at radius 3 is 2.12 bits per heavy atom. The summed E-state index contributed by atoms with van der Waals surface area (Å²) in [7, 11) is 0. The summed E-state index contributed by atoms with van der Waals surface area (Å²) in [6.45, 7) is 9.81. The average Bonchev–Trinajstić information content (AvgIpc) is 2.35. The molecule has 0 saturated carbocycles. The Labute approximate surface area is 105 Å². The Balaban J connectivity index is 2.42. The standard InChI is InChI=1S/C13H25N3O/c1-4-5-13(10-14)16-8-6-15(7-9-16)11(2)12(3)17/h11-13,17H,4-9H2,1-3H3. The van der Waals surface area contributed by atoms with Crippen molar-refractivity contribution < 1.29 is 5.11 Å². The van der Waals surface area contributed by atoms with E-state index in [-0.39, 0.29) is 18.2 Å². The molecule has 1 rings (SSSR count). The molecule has 0 aliphatic carbocycles. The number of nitriles is 1. The van der Waals surface area contributed by atoms with Crippen LogP contribution in [0.1, 0.15) is 33.6 Å². The van der Waals surface area contributed by atoms with E-state index < -0.39 is 0 Å². The van der Waals surface area contributed by atoms with Gasteiger partial charge in [-0.05, 0) is 20.3 Å². The third-order valence-electron chi connectivity index (χ3n) is 3.77. The van der Waals surface area contributed by atoms with Crippen molar-refractivity contribution in [2.75, 3.05) is 26.2 Å². The number of aliphatic hydroxyl groups excluding tert-OH is 1. The van der Waals surface area contributed by atoms with Gasteiger partial charge >= 0.3 is 0 Å². The zero-order valence-corrected chi connectivity index (χ0v) is 11.3. The summed E-state index contributed by atoms with van der Waals surface area (Å²) in [4.78, 5) is 4.58. The van der Waals surface area contributed by atoms with Crippen molar-refractivity contribution in [2.24, 2.45) is 0 Å². The number of hydrogen-bond donors (Lipinski definition) is 1. The Morgan fingerprint density at radius 1 is 1.18 bits per heavy atom. The molecule has 0 aromatic heterocycles. The van der Waals surface area contributed by atoms with E-state index in [4.69, 9.17) is 5.26 Å². The molecule has 4 heteroatoms. The van der Waals surface area contributed by atoms with Crippen LogP contribution >= 0.6 is 0 Å². The molecule has 0 amide bonds. The highest BCUT2D eigenvalue weighted by Gasteiger charge is 2.26. The summed E-state index contributed by atoms with van der Waals surface area (Å²) in [5, 5.41) is 18.7.